The van der Waals surface area contributed by atoms with Gasteiger partial charge >= 0.3 is 0 Å². The molecule has 104 valence electrons. The van der Waals surface area contributed by atoms with E-state index < -0.39 is 0 Å². The largest absolute Gasteiger partial charge is 0.216 e. The summed E-state index contributed by atoms with van der Waals surface area (Å²) >= 11 is 0. The molecular formula is C19H24N+. The first-order chi connectivity index (χ1) is 9.48. The molecule has 1 nitrogen and oxygen atoms in total. The third-order valence-electron chi connectivity index (χ3n) is 4.65. The van der Waals surface area contributed by atoms with E-state index in [1.165, 1.54) is 41.6 Å². The van der Waals surface area contributed by atoms with Crippen LogP contribution in [0.3, 0.4) is 0 Å². The third kappa shape index (κ3) is 2.26. The Bertz CT molecular complexity index is 653. The number of benzene rings is 1. The van der Waals surface area contributed by atoms with E-state index in [1.54, 1.807) is 5.56 Å². The molecule has 0 N–H and O–H groups in total. The van der Waals surface area contributed by atoms with E-state index in [1.807, 2.05) is 0 Å². The lowest BCUT2D eigenvalue weighted by Crippen LogP contribution is -2.35. The van der Waals surface area contributed by atoms with Crippen LogP contribution in [0.1, 0.15) is 37.0 Å². The van der Waals surface area contributed by atoms with Gasteiger partial charge in [-0.25, -0.2) is 4.57 Å². The normalized spacial score (nSPS) is 16.8. The molecule has 0 bridgehead atoms. The van der Waals surface area contributed by atoms with Crippen molar-refractivity contribution < 1.29 is 4.57 Å². The maximum absolute atomic E-state index is 2.39. The zero-order valence-corrected chi connectivity index (χ0v) is 13.0. The Balaban J connectivity index is 2.20. The molecule has 0 saturated carbocycles. The van der Waals surface area contributed by atoms with Crippen LogP contribution < -0.4 is 4.57 Å². The van der Waals surface area contributed by atoms with Gasteiger partial charge in [0.2, 0.25) is 5.69 Å². The molecule has 1 aromatic heterocycles. The van der Waals surface area contributed by atoms with E-state index in [0.717, 1.165) is 0 Å². The number of pyridine rings is 1. The Morgan fingerprint density at radius 3 is 2.60 bits per heavy atom. The molecule has 2 aromatic rings. The van der Waals surface area contributed by atoms with Gasteiger partial charge in [0.05, 0.1) is 0 Å². The minimum absolute atomic E-state index is 0.440. The van der Waals surface area contributed by atoms with Gasteiger partial charge in [0.25, 0.3) is 0 Å². The molecular weight excluding hydrogens is 242 g/mol. The number of fused-ring (bicyclic) bond motifs is 1. The summed E-state index contributed by atoms with van der Waals surface area (Å²) in [6.45, 7) is 6.98. The van der Waals surface area contributed by atoms with Crippen LogP contribution in [0, 0.1) is 12.3 Å². The van der Waals surface area contributed by atoms with Crippen molar-refractivity contribution in [1.82, 2.24) is 0 Å². The third-order valence-corrected chi connectivity index (χ3v) is 4.65. The highest BCUT2D eigenvalue weighted by atomic mass is 14.9. The minimum atomic E-state index is 0.440. The second-order valence-electron chi connectivity index (χ2n) is 6.93. The number of nitrogens with zero attached hydrogens (tertiary/aromatic N) is 1. The van der Waals surface area contributed by atoms with Gasteiger partial charge < -0.3 is 0 Å². The second-order valence-corrected chi connectivity index (χ2v) is 6.93. The van der Waals surface area contributed by atoms with Crippen LogP contribution in [0.25, 0.3) is 11.3 Å². The SMILES string of the molecule is Cc1ccccc1-c1c2c(cc[n+]1C)CC(C)(C)CC2. The molecule has 0 saturated heterocycles. The fourth-order valence-electron chi connectivity index (χ4n) is 3.44. The predicted molar refractivity (Wildman–Crippen MR) is 83.6 cm³/mol. The van der Waals surface area contributed by atoms with Crippen molar-refractivity contribution >= 4 is 0 Å². The Kier molecular flexibility index (Phi) is 3.16. The Morgan fingerprint density at radius 1 is 1.10 bits per heavy atom. The lowest BCUT2D eigenvalue weighted by atomic mass is 9.73. The van der Waals surface area contributed by atoms with Crippen LogP contribution in [0.5, 0.6) is 0 Å². The van der Waals surface area contributed by atoms with Gasteiger partial charge in [-0.2, -0.15) is 0 Å². The summed E-state index contributed by atoms with van der Waals surface area (Å²) < 4.78 is 2.29. The predicted octanol–water partition coefficient (Wildman–Crippen LogP) is 4.00. The maximum atomic E-state index is 2.39. The van der Waals surface area contributed by atoms with Crippen molar-refractivity contribution in [3.63, 3.8) is 0 Å². The van der Waals surface area contributed by atoms with Crippen molar-refractivity contribution in [2.24, 2.45) is 12.5 Å². The Morgan fingerprint density at radius 2 is 1.85 bits per heavy atom. The van der Waals surface area contributed by atoms with Crippen molar-refractivity contribution in [2.45, 2.75) is 40.0 Å². The summed E-state index contributed by atoms with van der Waals surface area (Å²) in [4.78, 5) is 0. The highest BCUT2D eigenvalue weighted by Crippen LogP contribution is 2.38. The summed E-state index contributed by atoms with van der Waals surface area (Å²) in [5.74, 6) is 0. The molecule has 0 aliphatic heterocycles. The van der Waals surface area contributed by atoms with E-state index in [4.69, 9.17) is 0 Å². The van der Waals surface area contributed by atoms with Crippen LogP contribution in [0.15, 0.2) is 36.5 Å². The zero-order chi connectivity index (χ0) is 14.3. The first kappa shape index (κ1) is 13.4. The summed E-state index contributed by atoms with van der Waals surface area (Å²) in [5.41, 5.74) is 7.70. The van der Waals surface area contributed by atoms with Crippen LogP contribution in [-0.4, -0.2) is 0 Å². The van der Waals surface area contributed by atoms with Crippen LogP contribution >= 0.6 is 0 Å². The smallest absolute Gasteiger partial charge is 0.201 e. The van der Waals surface area contributed by atoms with Crippen LogP contribution in [-0.2, 0) is 19.9 Å². The number of aryl methyl sites for hydroxylation is 2. The average Bonchev–Trinajstić information content (AvgIpc) is 2.39. The molecule has 0 atom stereocenters. The van der Waals surface area contributed by atoms with Crippen molar-refractivity contribution in [1.29, 1.82) is 0 Å². The highest BCUT2D eigenvalue weighted by molar-refractivity contribution is 5.65. The molecule has 0 radical (unpaired) electrons. The van der Waals surface area contributed by atoms with Gasteiger partial charge in [-0.1, -0.05) is 32.0 Å². The molecule has 1 heteroatoms. The zero-order valence-electron chi connectivity index (χ0n) is 13.0. The van der Waals surface area contributed by atoms with E-state index in [2.05, 4.69) is 68.9 Å². The van der Waals surface area contributed by atoms with E-state index >= 15 is 0 Å². The Labute approximate surface area is 122 Å². The lowest BCUT2D eigenvalue weighted by molar-refractivity contribution is -0.660. The molecule has 0 spiro atoms. The summed E-state index contributed by atoms with van der Waals surface area (Å²) in [6.07, 6.45) is 5.90. The van der Waals surface area contributed by atoms with Gasteiger partial charge in [-0.3, -0.25) is 0 Å². The number of rotatable bonds is 1. The topological polar surface area (TPSA) is 3.88 Å². The number of hydrogen-bond donors (Lipinski definition) is 0. The number of hydrogen-bond acceptors (Lipinski definition) is 0. The van der Waals surface area contributed by atoms with E-state index in [0.29, 0.717) is 5.41 Å². The first-order valence-electron chi connectivity index (χ1n) is 7.54. The monoisotopic (exact) mass is 266 g/mol. The fraction of sp³-hybridized carbons (Fsp3) is 0.421. The van der Waals surface area contributed by atoms with Gasteiger partial charge in [-0.05, 0) is 48.8 Å². The molecule has 3 rings (SSSR count). The lowest BCUT2D eigenvalue weighted by Gasteiger charge is -2.31. The molecule has 0 amide bonds. The van der Waals surface area contributed by atoms with Crippen LogP contribution in [0.2, 0.25) is 0 Å². The summed E-state index contributed by atoms with van der Waals surface area (Å²) in [6, 6.07) is 11.1. The summed E-state index contributed by atoms with van der Waals surface area (Å²) in [7, 11) is 2.17. The fourth-order valence-corrected chi connectivity index (χ4v) is 3.44. The number of aromatic nitrogens is 1. The molecule has 0 unspecified atom stereocenters. The second kappa shape index (κ2) is 4.73. The van der Waals surface area contributed by atoms with Crippen molar-refractivity contribution in [3.05, 3.63) is 53.2 Å². The molecule has 1 aromatic carbocycles. The van der Waals surface area contributed by atoms with Gasteiger partial charge in [0.1, 0.15) is 7.05 Å². The standard InChI is InChI=1S/C19H24N/c1-14-7-5-6-8-16(14)18-17-9-11-19(2,3)13-15(17)10-12-20(18)4/h5-8,10,12H,9,11,13H2,1-4H3/q+1. The minimum Gasteiger partial charge on any atom is -0.201 e. The summed E-state index contributed by atoms with van der Waals surface area (Å²) in [5, 5.41) is 0. The van der Waals surface area contributed by atoms with E-state index in [-0.39, 0.29) is 0 Å². The van der Waals surface area contributed by atoms with Crippen molar-refractivity contribution in [3.8, 4) is 11.3 Å². The average molecular weight is 266 g/mol. The quantitative estimate of drug-likeness (QED) is 0.687. The molecule has 1 aliphatic rings. The van der Waals surface area contributed by atoms with Crippen molar-refractivity contribution in [2.75, 3.05) is 0 Å². The maximum Gasteiger partial charge on any atom is 0.216 e. The van der Waals surface area contributed by atoms with Gasteiger partial charge in [0, 0.05) is 17.2 Å². The molecule has 20 heavy (non-hydrogen) atoms. The Hall–Kier alpha value is -1.63. The van der Waals surface area contributed by atoms with Crippen LogP contribution in [0.4, 0.5) is 0 Å². The van der Waals surface area contributed by atoms with Gasteiger partial charge in [-0.15, -0.1) is 0 Å². The molecule has 1 heterocycles. The van der Waals surface area contributed by atoms with Gasteiger partial charge in [0.15, 0.2) is 6.20 Å². The van der Waals surface area contributed by atoms with E-state index in [9.17, 15) is 0 Å². The molecule has 1 aliphatic carbocycles. The first-order valence-corrected chi connectivity index (χ1v) is 7.54. The highest BCUT2D eigenvalue weighted by Gasteiger charge is 2.30. The molecule has 0 fully saturated rings.